The van der Waals surface area contributed by atoms with E-state index >= 15 is 0 Å². The zero-order valence-corrected chi connectivity index (χ0v) is 12.5. The van der Waals surface area contributed by atoms with Gasteiger partial charge < -0.3 is 14.8 Å². The summed E-state index contributed by atoms with van der Waals surface area (Å²) in [6.07, 6.45) is 0.270. The highest BCUT2D eigenvalue weighted by Gasteiger charge is 2.20. The van der Waals surface area contributed by atoms with Gasteiger partial charge in [-0.15, -0.1) is 0 Å². The zero-order valence-electron chi connectivity index (χ0n) is 12.5. The average Bonchev–Trinajstić information content (AvgIpc) is 2.52. The lowest BCUT2D eigenvalue weighted by Gasteiger charge is -2.33. The Morgan fingerprint density at radius 3 is 2.90 bits per heavy atom. The molecule has 1 fully saturated rings. The van der Waals surface area contributed by atoms with E-state index in [0.29, 0.717) is 6.61 Å². The van der Waals surface area contributed by atoms with Crippen molar-refractivity contribution in [1.82, 2.24) is 10.2 Å². The Bertz CT molecular complexity index is 372. The Labute approximate surface area is 122 Å². The number of rotatable bonds is 7. The first-order valence-electron chi connectivity index (χ1n) is 7.44. The molecule has 1 aromatic rings. The quantitative estimate of drug-likeness (QED) is 0.823. The monoisotopic (exact) mass is 278 g/mol. The topological polar surface area (TPSA) is 33.7 Å². The minimum absolute atomic E-state index is 0.224. The van der Waals surface area contributed by atoms with E-state index in [1.807, 2.05) is 6.07 Å². The van der Waals surface area contributed by atoms with Gasteiger partial charge in [0.05, 0.1) is 25.4 Å². The molecule has 2 rings (SSSR count). The number of methoxy groups -OCH3 is 1. The molecule has 1 aromatic carbocycles. The molecule has 4 nitrogen and oxygen atoms in total. The summed E-state index contributed by atoms with van der Waals surface area (Å²) in [5.41, 5.74) is 1.26. The van der Waals surface area contributed by atoms with Gasteiger partial charge in [0, 0.05) is 26.7 Å². The Balaban J connectivity index is 1.86. The van der Waals surface area contributed by atoms with Crippen molar-refractivity contribution in [2.75, 3.05) is 46.5 Å². The Morgan fingerprint density at radius 1 is 1.40 bits per heavy atom. The van der Waals surface area contributed by atoms with Crippen LogP contribution in [-0.4, -0.2) is 57.5 Å². The van der Waals surface area contributed by atoms with Crippen LogP contribution in [0.4, 0.5) is 0 Å². The third-order valence-corrected chi connectivity index (χ3v) is 3.80. The predicted octanol–water partition coefficient (Wildman–Crippen LogP) is 1.68. The van der Waals surface area contributed by atoms with Crippen LogP contribution in [0.1, 0.15) is 18.5 Å². The number of likely N-dealkylation sites (N-methyl/N-ethyl adjacent to an activating group) is 1. The number of benzene rings is 1. The molecule has 2 unspecified atom stereocenters. The van der Waals surface area contributed by atoms with Crippen LogP contribution in [0.25, 0.3) is 0 Å². The smallest absolute Gasteiger partial charge is 0.0826 e. The van der Waals surface area contributed by atoms with Gasteiger partial charge >= 0.3 is 0 Å². The molecule has 0 saturated carbocycles. The van der Waals surface area contributed by atoms with Crippen LogP contribution in [0, 0.1) is 0 Å². The highest BCUT2D eigenvalue weighted by atomic mass is 16.5. The second-order valence-corrected chi connectivity index (χ2v) is 5.21. The first-order chi connectivity index (χ1) is 9.83. The maximum Gasteiger partial charge on any atom is 0.0826 e. The molecule has 1 aliphatic heterocycles. The summed E-state index contributed by atoms with van der Waals surface area (Å²) in [6, 6.07) is 10.7. The van der Waals surface area contributed by atoms with Gasteiger partial charge in [0.1, 0.15) is 0 Å². The van der Waals surface area contributed by atoms with Crippen molar-refractivity contribution in [2.45, 2.75) is 19.1 Å². The van der Waals surface area contributed by atoms with Crippen LogP contribution in [0.2, 0.25) is 0 Å². The van der Waals surface area contributed by atoms with Gasteiger partial charge in [0.2, 0.25) is 0 Å². The minimum atomic E-state index is 0.224. The summed E-state index contributed by atoms with van der Waals surface area (Å²) >= 11 is 0. The minimum Gasteiger partial charge on any atom is -0.383 e. The van der Waals surface area contributed by atoms with Crippen molar-refractivity contribution in [1.29, 1.82) is 0 Å². The van der Waals surface area contributed by atoms with Crippen molar-refractivity contribution in [3.05, 3.63) is 35.9 Å². The van der Waals surface area contributed by atoms with E-state index < -0.39 is 0 Å². The van der Waals surface area contributed by atoms with E-state index in [4.69, 9.17) is 9.47 Å². The lowest BCUT2D eigenvalue weighted by molar-refractivity contribution is -0.0274. The number of hydrogen-bond acceptors (Lipinski definition) is 4. The molecular weight excluding hydrogens is 252 g/mol. The van der Waals surface area contributed by atoms with Crippen molar-refractivity contribution in [3.63, 3.8) is 0 Å². The highest BCUT2D eigenvalue weighted by Crippen LogP contribution is 2.13. The molecule has 0 aliphatic carbocycles. The van der Waals surface area contributed by atoms with Gasteiger partial charge in [-0.3, -0.25) is 4.90 Å². The molecule has 1 heterocycles. The first-order valence-corrected chi connectivity index (χ1v) is 7.44. The molecule has 20 heavy (non-hydrogen) atoms. The number of nitrogens with zero attached hydrogens (tertiary/aromatic N) is 1. The number of hydrogen-bond donors (Lipinski definition) is 1. The van der Waals surface area contributed by atoms with Crippen LogP contribution < -0.4 is 5.32 Å². The van der Waals surface area contributed by atoms with Gasteiger partial charge in [0.15, 0.2) is 0 Å². The molecule has 1 saturated heterocycles. The van der Waals surface area contributed by atoms with Crippen molar-refractivity contribution < 1.29 is 9.47 Å². The van der Waals surface area contributed by atoms with Crippen LogP contribution >= 0.6 is 0 Å². The molecule has 2 atom stereocenters. The Kier molecular flexibility index (Phi) is 6.47. The first kappa shape index (κ1) is 15.4. The van der Waals surface area contributed by atoms with Gasteiger partial charge in [0.25, 0.3) is 0 Å². The van der Waals surface area contributed by atoms with E-state index in [0.717, 1.165) is 32.8 Å². The molecule has 1 aliphatic rings. The summed E-state index contributed by atoms with van der Waals surface area (Å²) in [4.78, 5) is 2.43. The largest absolute Gasteiger partial charge is 0.383 e. The summed E-state index contributed by atoms with van der Waals surface area (Å²) in [6.45, 7) is 7.73. The van der Waals surface area contributed by atoms with Crippen molar-refractivity contribution in [3.8, 4) is 0 Å². The standard InChI is InChI=1S/C16H26N2O2/c1-3-18-9-10-20-15(12-18)11-17-16(13-19-2)14-7-5-4-6-8-14/h4-8,15-17H,3,9-13H2,1-2H3. The zero-order chi connectivity index (χ0) is 14.2. The second kappa shape index (κ2) is 8.37. The van der Waals surface area contributed by atoms with Crippen LogP contribution in [-0.2, 0) is 9.47 Å². The van der Waals surface area contributed by atoms with Crippen molar-refractivity contribution >= 4 is 0 Å². The Morgan fingerprint density at radius 2 is 2.20 bits per heavy atom. The third-order valence-electron chi connectivity index (χ3n) is 3.80. The fourth-order valence-corrected chi connectivity index (χ4v) is 2.59. The van der Waals surface area contributed by atoms with E-state index in [2.05, 4.69) is 41.4 Å². The molecular formula is C16H26N2O2. The van der Waals surface area contributed by atoms with Crippen LogP contribution in [0.15, 0.2) is 30.3 Å². The second-order valence-electron chi connectivity index (χ2n) is 5.21. The predicted molar refractivity (Wildman–Crippen MR) is 80.9 cm³/mol. The highest BCUT2D eigenvalue weighted by molar-refractivity contribution is 5.18. The SMILES string of the molecule is CCN1CCOC(CNC(COC)c2ccccc2)C1. The molecule has 0 spiro atoms. The number of nitrogens with one attached hydrogen (secondary N) is 1. The fourth-order valence-electron chi connectivity index (χ4n) is 2.59. The van der Waals surface area contributed by atoms with Gasteiger partial charge in [-0.1, -0.05) is 37.3 Å². The van der Waals surface area contributed by atoms with Gasteiger partial charge in [-0.25, -0.2) is 0 Å². The summed E-state index contributed by atoms with van der Waals surface area (Å²) in [7, 11) is 1.74. The molecule has 4 heteroatoms. The lowest BCUT2D eigenvalue weighted by atomic mass is 10.1. The maximum absolute atomic E-state index is 5.83. The molecule has 0 radical (unpaired) electrons. The Hall–Kier alpha value is -0.940. The maximum atomic E-state index is 5.83. The van der Waals surface area contributed by atoms with Gasteiger partial charge in [-0.2, -0.15) is 0 Å². The summed E-state index contributed by atoms with van der Waals surface area (Å²) in [5.74, 6) is 0. The third kappa shape index (κ3) is 4.56. The van der Waals surface area contributed by atoms with E-state index in [1.54, 1.807) is 7.11 Å². The fraction of sp³-hybridized carbons (Fsp3) is 0.625. The molecule has 1 N–H and O–H groups in total. The molecule has 0 aromatic heterocycles. The normalized spacial score (nSPS) is 21.8. The summed E-state index contributed by atoms with van der Waals surface area (Å²) in [5, 5.41) is 3.57. The molecule has 112 valence electrons. The van der Waals surface area contributed by atoms with E-state index in [-0.39, 0.29) is 12.1 Å². The van der Waals surface area contributed by atoms with E-state index in [9.17, 15) is 0 Å². The number of ether oxygens (including phenoxy) is 2. The molecule has 0 bridgehead atoms. The van der Waals surface area contributed by atoms with Crippen molar-refractivity contribution in [2.24, 2.45) is 0 Å². The van der Waals surface area contributed by atoms with E-state index in [1.165, 1.54) is 5.56 Å². The molecule has 0 amide bonds. The average molecular weight is 278 g/mol. The number of morpholine rings is 1. The van der Waals surface area contributed by atoms with Gasteiger partial charge in [-0.05, 0) is 12.1 Å². The lowest BCUT2D eigenvalue weighted by Crippen LogP contribution is -2.47. The van der Waals surface area contributed by atoms with Crippen LogP contribution in [0.5, 0.6) is 0 Å². The summed E-state index contributed by atoms with van der Waals surface area (Å²) < 4.78 is 11.2. The van der Waals surface area contributed by atoms with Crippen LogP contribution in [0.3, 0.4) is 0 Å².